The van der Waals surface area contributed by atoms with Crippen molar-refractivity contribution in [2.45, 2.75) is 24.8 Å². The Labute approximate surface area is 145 Å². The molecular weight excluding hydrogens is 346 g/mol. The van der Waals surface area contributed by atoms with Gasteiger partial charge in [0, 0.05) is 29.4 Å². The molecule has 2 aromatic carbocycles. The monoisotopic (exact) mass is 363 g/mol. The van der Waals surface area contributed by atoms with Crippen LogP contribution in [0.2, 0.25) is 0 Å². The lowest BCUT2D eigenvalue weighted by Gasteiger charge is -2.10. The molecule has 2 N–H and O–H groups in total. The number of anilines is 1. The van der Waals surface area contributed by atoms with Gasteiger partial charge in [0.2, 0.25) is 10.0 Å². The zero-order valence-corrected chi connectivity index (χ0v) is 14.4. The number of sulfonamides is 1. The lowest BCUT2D eigenvalue weighted by molar-refractivity contribution is -0.384. The number of nitrogens with zero attached hydrogens (tertiary/aromatic N) is 1. The van der Waals surface area contributed by atoms with Crippen LogP contribution >= 0.6 is 0 Å². The summed E-state index contributed by atoms with van der Waals surface area (Å²) in [6.45, 7) is 3.42. The Morgan fingerprint density at radius 1 is 1.04 bits per heavy atom. The molecule has 25 heavy (non-hydrogen) atoms. The number of carbonyl (C=O) groups is 1. The number of hydrogen-bond donors (Lipinski definition) is 2. The molecule has 9 heteroatoms. The summed E-state index contributed by atoms with van der Waals surface area (Å²) in [5.74, 6) is -0.449. The van der Waals surface area contributed by atoms with E-state index in [1.807, 2.05) is 0 Å². The smallest absolute Gasteiger partial charge is 0.269 e. The van der Waals surface area contributed by atoms with Crippen molar-refractivity contribution in [3.8, 4) is 0 Å². The van der Waals surface area contributed by atoms with E-state index >= 15 is 0 Å². The number of nitro benzene ring substituents is 1. The van der Waals surface area contributed by atoms with Crippen molar-refractivity contribution >= 4 is 27.3 Å². The molecule has 0 bridgehead atoms. The fourth-order valence-corrected chi connectivity index (χ4v) is 3.28. The van der Waals surface area contributed by atoms with Gasteiger partial charge >= 0.3 is 0 Å². The van der Waals surface area contributed by atoms with Gasteiger partial charge < -0.3 is 5.32 Å². The molecule has 0 saturated heterocycles. The Balaban J connectivity index is 2.11. The van der Waals surface area contributed by atoms with E-state index in [0.29, 0.717) is 5.69 Å². The molecule has 2 aromatic rings. The first-order valence-corrected chi connectivity index (χ1v) is 8.85. The lowest BCUT2D eigenvalue weighted by Crippen LogP contribution is -2.30. The largest absolute Gasteiger partial charge is 0.322 e. The molecular formula is C16H17N3O5S. The second-order valence-electron chi connectivity index (χ2n) is 5.56. The third kappa shape index (κ3) is 4.85. The molecule has 0 fully saturated rings. The van der Waals surface area contributed by atoms with Gasteiger partial charge in [0.25, 0.3) is 11.6 Å². The van der Waals surface area contributed by atoms with Crippen molar-refractivity contribution in [2.75, 3.05) is 5.32 Å². The summed E-state index contributed by atoms with van der Waals surface area (Å²) in [7, 11) is -3.62. The number of nitrogens with one attached hydrogen (secondary N) is 2. The van der Waals surface area contributed by atoms with Gasteiger partial charge in [-0.15, -0.1) is 0 Å². The summed E-state index contributed by atoms with van der Waals surface area (Å²) < 4.78 is 26.5. The molecule has 0 aliphatic rings. The summed E-state index contributed by atoms with van der Waals surface area (Å²) in [6, 6.07) is 10.6. The zero-order chi connectivity index (χ0) is 18.6. The maximum Gasteiger partial charge on any atom is 0.269 e. The van der Waals surface area contributed by atoms with Crippen LogP contribution in [0.25, 0.3) is 0 Å². The predicted molar refractivity (Wildman–Crippen MR) is 92.9 cm³/mol. The van der Waals surface area contributed by atoms with E-state index < -0.39 is 20.9 Å². The average molecular weight is 363 g/mol. The first kappa shape index (κ1) is 18.6. The second-order valence-corrected chi connectivity index (χ2v) is 7.27. The summed E-state index contributed by atoms with van der Waals surface area (Å²) in [4.78, 5) is 22.3. The van der Waals surface area contributed by atoms with E-state index in [-0.39, 0.29) is 22.2 Å². The lowest BCUT2D eigenvalue weighted by atomic mass is 10.2. The number of amides is 1. The predicted octanol–water partition coefficient (Wildman–Crippen LogP) is 2.53. The SMILES string of the molecule is CC(C)NS(=O)(=O)c1ccc(C(=O)Nc2ccc([N+](=O)[O-])cc2)cc1. The minimum Gasteiger partial charge on any atom is -0.322 e. The van der Waals surface area contributed by atoms with Crippen LogP contribution in [0, 0.1) is 10.1 Å². The Hall–Kier alpha value is -2.78. The molecule has 0 aliphatic carbocycles. The average Bonchev–Trinajstić information content (AvgIpc) is 2.54. The molecule has 0 radical (unpaired) electrons. The molecule has 2 rings (SSSR count). The van der Waals surface area contributed by atoms with Gasteiger partial charge in [0.15, 0.2) is 0 Å². The first-order chi connectivity index (χ1) is 11.7. The molecule has 8 nitrogen and oxygen atoms in total. The van der Waals surface area contributed by atoms with Gasteiger partial charge in [-0.2, -0.15) is 0 Å². The molecule has 0 heterocycles. The number of carbonyl (C=O) groups excluding carboxylic acids is 1. The van der Waals surface area contributed by atoms with E-state index in [9.17, 15) is 23.3 Å². The first-order valence-electron chi connectivity index (χ1n) is 7.37. The maximum atomic E-state index is 12.2. The van der Waals surface area contributed by atoms with E-state index in [1.165, 1.54) is 48.5 Å². The van der Waals surface area contributed by atoms with Crippen molar-refractivity contribution in [3.05, 3.63) is 64.2 Å². The van der Waals surface area contributed by atoms with Gasteiger partial charge in [-0.25, -0.2) is 13.1 Å². The van der Waals surface area contributed by atoms with Crippen LogP contribution < -0.4 is 10.0 Å². The fourth-order valence-electron chi connectivity index (χ4n) is 2.03. The molecule has 132 valence electrons. The zero-order valence-electron chi connectivity index (χ0n) is 13.6. The Kier molecular flexibility index (Phi) is 5.50. The van der Waals surface area contributed by atoms with Gasteiger partial charge in [-0.05, 0) is 50.2 Å². The minimum absolute atomic E-state index is 0.0630. The standard InChI is InChI=1S/C16H17N3O5S/c1-11(2)18-25(23,24)15-9-3-12(4-10-15)16(20)17-13-5-7-14(8-6-13)19(21)22/h3-11,18H,1-2H3,(H,17,20). The van der Waals surface area contributed by atoms with Crippen LogP contribution in [-0.4, -0.2) is 25.3 Å². The molecule has 0 unspecified atom stereocenters. The highest BCUT2D eigenvalue weighted by atomic mass is 32.2. The summed E-state index contributed by atoms with van der Waals surface area (Å²) in [6.07, 6.45) is 0. The van der Waals surface area contributed by atoms with Crippen LogP contribution in [0.15, 0.2) is 53.4 Å². The van der Waals surface area contributed by atoms with Crippen LogP contribution in [0.3, 0.4) is 0 Å². The van der Waals surface area contributed by atoms with E-state index in [1.54, 1.807) is 13.8 Å². The van der Waals surface area contributed by atoms with Crippen LogP contribution in [0.5, 0.6) is 0 Å². The summed E-state index contributed by atoms with van der Waals surface area (Å²) in [5.41, 5.74) is 0.584. The molecule has 0 atom stereocenters. The summed E-state index contributed by atoms with van der Waals surface area (Å²) in [5, 5.41) is 13.2. The number of nitro groups is 1. The van der Waals surface area contributed by atoms with Crippen molar-refractivity contribution in [3.63, 3.8) is 0 Å². The molecule has 0 spiro atoms. The van der Waals surface area contributed by atoms with Gasteiger partial charge in [-0.3, -0.25) is 14.9 Å². The molecule has 0 aliphatic heterocycles. The second kappa shape index (κ2) is 7.41. The third-order valence-electron chi connectivity index (χ3n) is 3.15. The molecule has 0 saturated carbocycles. The summed E-state index contributed by atoms with van der Waals surface area (Å²) >= 11 is 0. The van der Waals surface area contributed by atoms with Crippen LogP contribution in [0.4, 0.5) is 11.4 Å². The number of benzene rings is 2. The van der Waals surface area contributed by atoms with Crippen molar-refractivity contribution in [1.82, 2.24) is 4.72 Å². The van der Waals surface area contributed by atoms with Gasteiger partial charge in [0.1, 0.15) is 0 Å². The van der Waals surface area contributed by atoms with E-state index in [0.717, 1.165) is 0 Å². The maximum absolute atomic E-state index is 12.2. The van der Waals surface area contributed by atoms with E-state index in [2.05, 4.69) is 10.0 Å². The van der Waals surface area contributed by atoms with Crippen molar-refractivity contribution < 1.29 is 18.1 Å². The fraction of sp³-hybridized carbons (Fsp3) is 0.188. The number of rotatable bonds is 6. The number of non-ortho nitro benzene ring substituents is 1. The van der Waals surface area contributed by atoms with E-state index in [4.69, 9.17) is 0 Å². The number of hydrogen-bond acceptors (Lipinski definition) is 5. The Morgan fingerprint density at radius 3 is 2.08 bits per heavy atom. The minimum atomic E-state index is -3.62. The molecule has 0 aromatic heterocycles. The topological polar surface area (TPSA) is 118 Å². The molecule has 1 amide bonds. The third-order valence-corrected chi connectivity index (χ3v) is 4.83. The highest BCUT2D eigenvalue weighted by Crippen LogP contribution is 2.17. The van der Waals surface area contributed by atoms with Crippen LogP contribution in [0.1, 0.15) is 24.2 Å². The Bertz CT molecular complexity index is 875. The quantitative estimate of drug-likeness (QED) is 0.604. The van der Waals surface area contributed by atoms with Crippen molar-refractivity contribution in [1.29, 1.82) is 0 Å². The van der Waals surface area contributed by atoms with Crippen molar-refractivity contribution in [2.24, 2.45) is 0 Å². The van der Waals surface area contributed by atoms with Gasteiger partial charge in [0.05, 0.1) is 9.82 Å². The van der Waals surface area contributed by atoms with Crippen LogP contribution in [-0.2, 0) is 10.0 Å². The van der Waals surface area contributed by atoms with Gasteiger partial charge in [-0.1, -0.05) is 0 Å². The normalized spacial score (nSPS) is 11.3. The highest BCUT2D eigenvalue weighted by molar-refractivity contribution is 7.89. The highest BCUT2D eigenvalue weighted by Gasteiger charge is 2.16. The Morgan fingerprint density at radius 2 is 1.60 bits per heavy atom.